The molecular formula is C18H29N3O4. The summed E-state index contributed by atoms with van der Waals surface area (Å²) >= 11 is 0. The largest absolute Gasteiger partial charge is 0.450 e. The number of aryl methyl sites for hydroxylation is 2. The first-order chi connectivity index (χ1) is 11.5. The van der Waals surface area contributed by atoms with Gasteiger partial charge in [0.25, 0.3) is 11.7 Å². The summed E-state index contributed by atoms with van der Waals surface area (Å²) in [5, 5.41) is 4.12. The van der Waals surface area contributed by atoms with Crippen molar-refractivity contribution in [3.63, 3.8) is 0 Å². The smallest absolute Gasteiger partial charge is 0.380 e. The van der Waals surface area contributed by atoms with Crippen molar-refractivity contribution in [2.24, 2.45) is 18.9 Å². The van der Waals surface area contributed by atoms with Gasteiger partial charge in [0.15, 0.2) is 6.61 Å². The summed E-state index contributed by atoms with van der Waals surface area (Å²) in [6, 6.07) is 0. The van der Waals surface area contributed by atoms with Crippen molar-refractivity contribution >= 4 is 17.7 Å². The van der Waals surface area contributed by atoms with Crippen LogP contribution in [0, 0.1) is 25.7 Å². The standard InChI is InChI=1S/C18H29N3O4/c1-11(2)8-21(9-12(3)4)15(22)10-25-18(24)17(23)16-13(5)19-20(7)14(16)6/h11-12H,8-10H2,1-7H3. The average molecular weight is 351 g/mol. The minimum Gasteiger partial charge on any atom is -0.450 e. The summed E-state index contributed by atoms with van der Waals surface area (Å²) in [6.45, 7) is 12.2. The first kappa shape index (κ1) is 20.9. The van der Waals surface area contributed by atoms with Crippen molar-refractivity contribution in [3.8, 4) is 0 Å². The van der Waals surface area contributed by atoms with Crippen LogP contribution < -0.4 is 0 Å². The van der Waals surface area contributed by atoms with Gasteiger partial charge in [0, 0.05) is 25.8 Å². The number of ether oxygens (including phenoxy) is 1. The summed E-state index contributed by atoms with van der Waals surface area (Å²) in [4.78, 5) is 38.3. The van der Waals surface area contributed by atoms with E-state index in [0.717, 1.165) is 0 Å². The molecule has 1 heterocycles. The number of hydrogen-bond donors (Lipinski definition) is 0. The number of nitrogens with zero attached hydrogens (tertiary/aromatic N) is 3. The van der Waals surface area contributed by atoms with Crippen LogP contribution in [0.15, 0.2) is 0 Å². The van der Waals surface area contributed by atoms with Crippen LogP contribution >= 0.6 is 0 Å². The maximum Gasteiger partial charge on any atom is 0.380 e. The van der Waals surface area contributed by atoms with Crippen LogP contribution in [0.1, 0.15) is 49.4 Å². The highest BCUT2D eigenvalue weighted by molar-refractivity contribution is 6.41. The van der Waals surface area contributed by atoms with Crippen LogP contribution in [0.25, 0.3) is 0 Å². The van der Waals surface area contributed by atoms with Gasteiger partial charge in [0.1, 0.15) is 0 Å². The Hall–Kier alpha value is -2.18. The number of aromatic nitrogens is 2. The van der Waals surface area contributed by atoms with E-state index in [2.05, 4.69) is 5.10 Å². The number of carbonyl (C=O) groups is 3. The van der Waals surface area contributed by atoms with E-state index in [4.69, 9.17) is 4.74 Å². The van der Waals surface area contributed by atoms with Gasteiger partial charge in [-0.25, -0.2) is 4.79 Å². The molecule has 0 fully saturated rings. The van der Waals surface area contributed by atoms with Gasteiger partial charge < -0.3 is 9.64 Å². The lowest BCUT2D eigenvalue weighted by molar-refractivity contribution is -0.148. The zero-order valence-corrected chi connectivity index (χ0v) is 16.3. The Labute approximate surface area is 149 Å². The lowest BCUT2D eigenvalue weighted by Crippen LogP contribution is -2.40. The van der Waals surface area contributed by atoms with E-state index in [9.17, 15) is 14.4 Å². The van der Waals surface area contributed by atoms with Gasteiger partial charge in [-0.05, 0) is 25.7 Å². The molecule has 0 saturated heterocycles. The molecule has 1 aromatic rings. The van der Waals surface area contributed by atoms with Crippen molar-refractivity contribution < 1.29 is 19.1 Å². The Morgan fingerprint density at radius 2 is 1.60 bits per heavy atom. The number of hydrogen-bond acceptors (Lipinski definition) is 5. The highest BCUT2D eigenvalue weighted by Gasteiger charge is 2.26. The maximum absolute atomic E-state index is 12.3. The van der Waals surface area contributed by atoms with Gasteiger partial charge in [0.05, 0.1) is 11.3 Å². The molecule has 0 spiro atoms. The second-order valence-corrected chi connectivity index (χ2v) is 7.16. The molecule has 0 aliphatic rings. The third-order valence-electron chi connectivity index (χ3n) is 3.77. The zero-order chi connectivity index (χ0) is 19.3. The second-order valence-electron chi connectivity index (χ2n) is 7.16. The molecule has 0 radical (unpaired) electrons. The highest BCUT2D eigenvalue weighted by atomic mass is 16.5. The van der Waals surface area contributed by atoms with Crippen LogP contribution in [-0.4, -0.2) is 52.0 Å². The van der Waals surface area contributed by atoms with E-state index >= 15 is 0 Å². The molecule has 0 unspecified atom stereocenters. The minimum atomic E-state index is -1.03. The van der Waals surface area contributed by atoms with Gasteiger partial charge in [-0.1, -0.05) is 27.7 Å². The molecule has 0 atom stereocenters. The number of rotatable bonds is 8. The molecule has 0 saturated carbocycles. The van der Waals surface area contributed by atoms with Crippen molar-refractivity contribution in [3.05, 3.63) is 17.0 Å². The number of Topliss-reactive ketones (excluding diaryl/α,β-unsaturated/α-hetero) is 1. The van der Waals surface area contributed by atoms with Crippen LogP contribution in [-0.2, 0) is 21.4 Å². The van der Waals surface area contributed by atoms with Crippen LogP contribution in [0.4, 0.5) is 0 Å². The van der Waals surface area contributed by atoms with Gasteiger partial charge in [-0.2, -0.15) is 5.10 Å². The molecule has 0 aliphatic carbocycles. The predicted molar refractivity (Wildman–Crippen MR) is 94.2 cm³/mol. The minimum absolute atomic E-state index is 0.237. The highest BCUT2D eigenvalue weighted by Crippen LogP contribution is 2.13. The van der Waals surface area contributed by atoms with Gasteiger partial charge in [0.2, 0.25) is 0 Å². The first-order valence-corrected chi connectivity index (χ1v) is 8.54. The maximum atomic E-state index is 12.3. The Kier molecular flexibility index (Phi) is 7.33. The molecule has 7 heteroatoms. The van der Waals surface area contributed by atoms with Crippen molar-refractivity contribution in [2.45, 2.75) is 41.5 Å². The van der Waals surface area contributed by atoms with E-state index in [1.807, 2.05) is 27.7 Å². The molecule has 1 aromatic heterocycles. The van der Waals surface area contributed by atoms with Crippen molar-refractivity contribution in [1.29, 1.82) is 0 Å². The molecule has 25 heavy (non-hydrogen) atoms. The molecule has 0 aliphatic heterocycles. The van der Waals surface area contributed by atoms with E-state index < -0.39 is 18.4 Å². The van der Waals surface area contributed by atoms with Gasteiger partial charge in [-0.15, -0.1) is 0 Å². The SMILES string of the molecule is Cc1nn(C)c(C)c1C(=O)C(=O)OCC(=O)N(CC(C)C)CC(C)C. The van der Waals surface area contributed by atoms with Crippen molar-refractivity contribution in [2.75, 3.05) is 19.7 Å². The monoisotopic (exact) mass is 351 g/mol. The van der Waals surface area contributed by atoms with Crippen LogP contribution in [0.5, 0.6) is 0 Å². The molecular weight excluding hydrogens is 322 g/mol. The van der Waals surface area contributed by atoms with Crippen LogP contribution in [0.2, 0.25) is 0 Å². The van der Waals surface area contributed by atoms with Crippen molar-refractivity contribution in [1.82, 2.24) is 14.7 Å². The molecule has 7 nitrogen and oxygen atoms in total. The van der Waals surface area contributed by atoms with Crippen LogP contribution in [0.3, 0.4) is 0 Å². The van der Waals surface area contributed by atoms with Gasteiger partial charge >= 0.3 is 5.97 Å². The molecule has 0 bridgehead atoms. The van der Waals surface area contributed by atoms with Gasteiger partial charge in [-0.3, -0.25) is 14.3 Å². The molecule has 0 N–H and O–H groups in total. The number of amides is 1. The quantitative estimate of drug-likeness (QED) is 0.406. The Bertz CT molecular complexity index is 637. The normalized spacial score (nSPS) is 11.1. The third kappa shape index (κ3) is 5.69. The number of carbonyl (C=O) groups excluding carboxylic acids is 3. The fourth-order valence-corrected chi connectivity index (χ4v) is 2.65. The van der Waals surface area contributed by atoms with E-state index in [1.54, 1.807) is 25.8 Å². The Balaban J connectivity index is 2.73. The third-order valence-corrected chi connectivity index (χ3v) is 3.77. The summed E-state index contributed by atoms with van der Waals surface area (Å²) in [5.74, 6) is -1.47. The predicted octanol–water partition coefficient (Wildman–Crippen LogP) is 1.90. The Morgan fingerprint density at radius 3 is 2.00 bits per heavy atom. The molecule has 1 rings (SSSR count). The average Bonchev–Trinajstić information content (AvgIpc) is 2.75. The summed E-state index contributed by atoms with van der Waals surface area (Å²) in [6.07, 6.45) is 0. The molecule has 140 valence electrons. The number of ketones is 1. The fraction of sp³-hybridized carbons (Fsp3) is 0.667. The first-order valence-electron chi connectivity index (χ1n) is 8.54. The van der Waals surface area contributed by atoms with E-state index in [1.165, 1.54) is 4.68 Å². The summed E-state index contributed by atoms with van der Waals surface area (Å²) in [7, 11) is 1.70. The second kappa shape index (κ2) is 8.78. The number of esters is 1. The molecule has 0 aromatic carbocycles. The summed E-state index contributed by atoms with van der Waals surface area (Å²) in [5.41, 5.74) is 1.29. The lowest BCUT2D eigenvalue weighted by Gasteiger charge is -2.26. The zero-order valence-electron chi connectivity index (χ0n) is 16.3. The van der Waals surface area contributed by atoms with E-state index in [-0.39, 0.29) is 11.5 Å². The van der Waals surface area contributed by atoms with E-state index in [0.29, 0.717) is 36.3 Å². The Morgan fingerprint density at radius 1 is 1.08 bits per heavy atom. The topological polar surface area (TPSA) is 81.5 Å². The fourth-order valence-electron chi connectivity index (χ4n) is 2.65. The molecule has 1 amide bonds. The lowest BCUT2D eigenvalue weighted by atomic mass is 10.1. The summed E-state index contributed by atoms with van der Waals surface area (Å²) < 4.78 is 6.50.